The number of benzene rings is 1. The molecule has 1 unspecified atom stereocenters. The van der Waals surface area contributed by atoms with Crippen molar-refractivity contribution in [2.24, 2.45) is 5.73 Å². The Morgan fingerprint density at radius 3 is 2.88 bits per heavy atom. The van der Waals surface area contributed by atoms with Gasteiger partial charge in [-0.25, -0.2) is 0 Å². The van der Waals surface area contributed by atoms with Gasteiger partial charge in [0.2, 0.25) is 0 Å². The minimum atomic E-state index is 0.587. The number of thioether (sulfide) groups is 1. The molecule has 88 valence electrons. The van der Waals surface area contributed by atoms with Crippen LogP contribution in [-0.2, 0) is 0 Å². The van der Waals surface area contributed by atoms with Crippen LogP contribution in [-0.4, -0.2) is 25.4 Å². The van der Waals surface area contributed by atoms with E-state index in [0.717, 1.165) is 18.7 Å². The summed E-state index contributed by atoms with van der Waals surface area (Å²) in [5.41, 5.74) is 9.79. The van der Waals surface area contributed by atoms with Gasteiger partial charge in [-0.05, 0) is 44.0 Å². The summed E-state index contributed by atoms with van der Waals surface area (Å²) in [5.74, 6) is 1.16. The maximum atomic E-state index is 5.67. The number of aryl methyl sites for hydroxylation is 2. The van der Waals surface area contributed by atoms with Gasteiger partial charge in [-0.15, -0.1) is 11.8 Å². The average molecular weight is 236 g/mol. The smallest absolute Gasteiger partial charge is 0.0509 e. The zero-order chi connectivity index (χ0) is 11.7. The first-order chi connectivity index (χ1) is 7.63. The molecule has 0 radical (unpaired) electrons. The van der Waals surface area contributed by atoms with E-state index in [0.29, 0.717) is 6.04 Å². The summed E-state index contributed by atoms with van der Waals surface area (Å²) in [6.45, 7) is 5.14. The van der Waals surface area contributed by atoms with E-state index in [4.69, 9.17) is 5.73 Å². The Kier molecular flexibility index (Phi) is 3.45. The maximum Gasteiger partial charge on any atom is 0.0509 e. The molecule has 0 bridgehead atoms. The number of hydrogen-bond acceptors (Lipinski definition) is 3. The molecule has 2 rings (SSSR count). The fourth-order valence-electron chi connectivity index (χ4n) is 2.34. The fraction of sp³-hybridized carbons (Fsp3) is 0.538. The van der Waals surface area contributed by atoms with Gasteiger partial charge >= 0.3 is 0 Å². The van der Waals surface area contributed by atoms with Crippen molar-refractivity contribution in [2.45, 2.75) is 31.2 Å². The average Bonchev–Trinajstić information content (AvgIpc) is 2.23. The van der Waals surface area contributed by atoms with E-state index in [1.165, 1.54) is 21.7 Å². The molecule has 0 saturated heterocycles. The number of rotatable bonds is 2. The third-order valence-electron chi connectivity index (χ3n) is 3.25. The van der Waals surface area contributed by atoms with Gasteiger partial charge in [-0.3, -0.25) is 0 Å². The van der Waals surface area contributed by atoms with Crippen LogP contribution in [0.1, 0.15) is 17.5 Å². The minimum Gasteiger partial charge on any atom is -0.370 e. The zero-order valence-corrected chi connectivity index (χ0v) is 11.1. The Bertz CT molecular complexity index is 390. The summed E-state index contributed by atoms with van der Waals surface area (Å²) < 4.78 is 0. The van der Waals surface area contributed by atoms with E-state index in [-0.39, 0.29) is 0 Å². The summed E-state index contributed by atoms with van der Waals surface area (Å²) in [7, 11) is 2.19. The summed E-state index contributed by atoms with van der Waals surface area (Å²) in [6, 6.07) is 5.14. The van der Waals surface area contributed by atoms with Gasteiger partial charge in [-0.2, -0.15) is 0 Å². The lowest BCUT2D eigenvalue weighted by Crippen LogP contribution is -2.38. The molecule has 2 N–H and O–H groups in total. The van der Waals surface area contributed by atoms with Crippen LogP contribution >= 0.6 is 11.8 Å². The van der Waals surface area contributed by atoms with Crippen molar-refractivity contribution in [1.82, 2.24) is 0 Å². The first kappa shape index (κ1) is 11.8. The molecule has 2 nitrogen and oxygen atoms in total. The normalized spacial score (nSPS) is 19.8. The predicted octanol–water partition coefficient (Wildman–Crippen LogP) is 2.56. The summed E-state index contributed by atoms with van der Waals surface area (Å²) in [4.78, 5) is 3.85. The third kappa shape index (κ3) is 2.06. The lowest BCUT2D eigenvalue weighted by atomic mass is 10.1. The van der Waals surface area contributed by atoms with Crippen molar-refractivity contribution in [3.63, 3.8) is 0 Å². The van der Waals surface area contributed by atoms with Crippen LogP contribution in [0.2, 0.25) is 0 Å². The van der Waals surface area contributed by atoms with Crippen LogP contribution in [0.25, 0.3) is 0 Å². The highest BCUT2D eigenvalue weighted by Gasteiger charge is 2.24. The van der Waals surface area contributed by atoms with E-state index >= 15 is 0 Å². The molecule has 0 aliphatic carbocycles. The van der Waals surface area contributed by atoms with Gasteiger partial charge in [0.1, 0.15) is 0 Å². The topological polar surface area (TPSA) is 29.3 Å². The second-order valence-electron chi connectivity index (χ2n) is 4.58. The highest BCUT2D eigenvalue weighted by Crippen LogP contribution is 2.40. The van der Waals surface area contributed by atoms with Crippen LogP contribution in [0.4, 0.5) is 5.69 Å². The van der Waals surface area contributed by atoms with Gasteiger partial charge < -0.3 is 10.6 Å². The number of anilines is 1. The molecule has 1 aromatic rings. The van der Waals surface area contributed by atoms with Crippen LogP contribution in [0.5, 0.6) is 0 Å². The second kappa shape index (κ2) is 4.68. The molecule has 1 aliphatic heterocycles. The lowest BCUT2D eigenvalue weighted by molar-refractivity contribution is 0.633. The Labute approximate surface area is 102 Å². The standard InChI is InChI=1S/C13H20N2S/c1-9-6-10(2)13-12(7-9)15(3)11(4-5-14)8-16-13/h6-7,11H,4-5,8,14H2,1-3H3. The second-order valence-corrected chi connectivity index (χ2v) is 5.61. The quantitative estimate of drug-likeness (QED) is 0.855. The maximum absolute atomic E-state index is 5.67. The highest BCUT2D eigenvalue weighted by molar-refractivity contribution is 7.99. The van der Waals surface area contributed by atoms with Crippen LogP contribution in [0.3, 0.4) is 0 Å². The molecule has 1 heterocycles. The lowest BCUT2D eigenvalue weighted by Gasteiger charge is -2.36. The Balaban J connectivity index is 2.36. The molecular weight excluding hydrogens is 216 g/mol. The van der Waals surface area contributed by atoms with Crippen molar-refractivity contribution < 1.29 is 0 Å². The highest BCUT2D eigenvalue weighted by atomic mass is 32.2. The SMILES string of the molecule is Cc1cc(C)c2c(c1)N(C)C(CCN)CS2. The van der Waals surface area contributed by atoms with E-state index in [2.05, 4.69) is 37.9 Å². The Morgan fingerprint density at radius 1 is 1.44 bits per heavy atom. The number of fused-ring (bicyclic) bond motifs is 1. The molecule has 1 aromatic carbocycles. The van der Waals surface area contributed by atoms with Crippen molar-refractivity contribution in [2.75, 3.05) is 24.2 Å². The monoisotopic (exact) mass is 236 g/mol. The molecule has 16 heavy (non-hydrogen) atoms. The predicted molar refractivity (Wildman–Crippen MR) is 72.5 cm³/mol. The van der Waals surface area contributed by atoms with E-state index in [1.54, 1.807) is 0 Å². The van der Waals surface area contributed by atoms with Gasteiger partial charge in [-0.1, -0.05) is 6.07 Å². The minimum absolute atomic E-state index is 0.587. The number of nitrogens with two attached hydrogens (primary N) is 1. The molecule has 0 saturated carbocycles. The summed E-state index contributed by atoms with van der Waals surface area (Å²) in [6.07, 6.45) is 1.08. The molecule has 1 atom stereocenters. The van der Waals surface area contributed by atoms with Crippen LogP contribution in [0, 0.1) is 13.8 Å². The third-order valence-corrected chi connectivity index (χ3v) is 4.62. The summed E-state index contributed by atoms with van der Waals surface area (Å²) >= 11 is 1.98. The molecular formula is C13H20N2S. The van der Waals surface area contributed by atoms with Crippen molar-refractivity contribution in [3.05, 3.63) is 23.3 Å². The first-order valence-corrected chi connectivity index (χ1v) is 6.79. The van der Waals surface area contributed by atoms with Gasteiger partial charge in [0.05, 0.1) is 5.69 Å². The Morgan fingerprint density at radius 2 is 2.19 bits per heavy atom. The zero-order valence-electron chi connectivity index (χ0n) is 10.3. The Hall–Kier alpha value is -0.670. The molecule has 3 heteroatoms. The first-order valence-electron chi connectivity index (χ1n) is 5.80. The molecule has 0 spiro atoms. The van der Waals surface area contributed by atoms with Gasteiger partial charge in [0, 0.05) is 23.7 Å². The molecule has 1 aliphatic rings. The van der Waals surface area contributed by atoms with Crippen molar-refractivity contribution >= 4 is 17.4 Å². The fourth-order valence-corrected chi connectivity index (χ4v) is 3.73. The molecule has 0 aromatic heterocycles. The number of hydrogen-bond donors (Lipinski definition) is 1. The largest absolute Gasteiger partial charge is 0.370 e. The van der Waals surface area contributed by atoms with E-state index in [1.807, 2.05) is 11.8 Å². The van der Waals surface area contributed by atoms with Crippen molar-refractivity contribution in [1.29, 1.82) is 0 Å². The summed E-state index contributed by atoms with van der Waals surface area (Å²) in [5, 5.41) is 0. The van der Waals surface area contributed by atoms with Gasteiger partial charge in [0.25, 0.3) is 0 Å². The van der Waals surface area contributed by atoms with Crippen molar-refractivity contribution in [3.8, 4) is 0 Å². The molecule has 0 fully saturated rings. The van der Waals surface area contributed by atoms with Crippen LogP contribution in [0.15, 0.2) is 17.0 Å². The van der Waals surface area contributed by atoms with E-state index < -0.39 is 0 Å². The van der Waals surface area contributed by atoms with Crippen LogP contribution < -0.4 is 10.6 Å². The van der Waals surface area contributed by atoms with E-state index in [9.17, 15) is 0 Å². The number of nitrogens with zero attached hydrogens (tertiary/aromatic N) is 1. The molecule has 0 amide bonds. The van der Waals surface area contributed by atoms with Gasteiger partial charge in [0.15, 0.2) is 0 Å².